The van der Waals surface area contributed by atoms with Gasteiger partial charge in [-0.3, -0.25) is 4.90 Å². The maximum absolute atomic E-state index is 13.8. The average molecular weight is 324 g/mol. The molecule has 5 nitrogen and oxygen atoms in total. The van der Waals surface area contributed by atoms with E-state index < -0.39 is 17.6 Å². The number of aromatic carboxylic acids is 1. The Bertz CT molecular complexity index is 688. The van der Waals surface area contributed by atoms with Crippen molar-refractivity contribution < 1.29 is 23.1 Å². The molecule has 23 heavy (non-hydrogen) atoms. The zero-order valence-electron chi connectivity index (χ0n) is 12.9. The van der Waals surface area contributed by atoms with Gasteiger partial charge in [-0.25, -0.2) is 18.6 Å². The molecule has 0 fully saturated rings. The number of nitrogens with zero attached hydrogens (tertiary/aromatic N) is 2. The Morgan fingerprint density at radius 1 is 1.39 bits per heavy atom. The van der Waals surface area contributed by atoms with E-state index in [9.17, 15) is 13.6 Å². The van der Waals surface area contributed by atoms with Crippen molar-refractivity contribution in [1.29, 1.82) is 0 Å². The lowest BCUT2D eigenvalue weighted by atomic mass is 10.1. The van der Waals surface area contributed by atoms with Gasteiger partial charge in [0.15, 0.2) is 5.69 Å². The van der Waals surface area contributed by atoms with Crippen LogP contribution in [0.5, 0.6) is 0 Å². The van der Waals surface area contributed by atoms with Gasteiger partial charge in [0, 0.05) is 24.2 Å². The molecule has 0 spiro atoms. The van der Waals surface area contributed by atoms with E-state index in [-0.39, 0.29) is 30.7 Å². The fourth-order valence-corrected chi connectivity index (χ4v) is 2.15. The second-order valence-corrected chi connectivity index (χ2v) is 5.33. The van der Waals surface area contributed by atoms with Gasteiger partial charge in [0.05, 0.1) is 6.54 Å². The Balaban J connectivity index is 2.17. The minimum absolute atomic E-state index is 0.0830. The van der Waals surface area contributed by atoms with Crippen LogP contribution in [0.25, 0.3) is 0 Å². The van der Waals surface area contributed by atoms with Crippen molar-refractivity contribution in [2.75, 3.05) is 0 Å². The topological polar surface area (TPSA) is 66.6 Å². The van der Waals surface area contributed by atoms with Gasteiger partial charge in [0.1, 0.15) is 17.9 Å². The summed E-state index contributed by atoms with van der Waals surface area (Å²) in [4.78, 5) is 16.6. The van der Waals surface area contributed by atoms with Crippen molar-refractivity contribution in [2.24, 2.45) is 0 Å². The highest BCUT2D eigenvalue weighted by atomic mass is 19.1. The molecule has 124 valence electrons. The summed E-state index contributed by atoms with van der Waals surface area (Å²) < 4.78 is 32.0. The van der Waals surface area contributed by atoms with Crippen LogP contribution < -0.4 is 0 Å². The van der Waals surface area contributed by atoms with Gasteiger partial charge < -0.3 is 9.52 Å². The number of rotatable bonds is 7. The number of carboxylic acid groups (broad SMARTS) is 1. The largest absolute Gasteiger partial charge is 0.476 e. The van der Waals surface area contributed by atoms with Crippen molar-refractivity contribution in [3.8, 4) is 0 Å². The number of carbonyl (C=O) groups is 1. The Hall–Kier alpha value is -2.28. The van der Waals surface area contributed by atoms with Crippen molar-refractivity contribution in [1.82, 2.24) is 9.88 Å². The molecule has 1 aromatic carbocycles. The molecular weight excluding hydrogens is 306 g/mol. The smallest absolute Gasteiger partial charge is 0.357 e. The highest BCUT2D eigenvalue weighted by Crippen LogP contribution is 2.18. The van der Waals surface area contributed by atoms with Crippen LogP contribution in [0.4, 0.5) is 8.78 Å². The zero-order chi connectivity index (χ0) is 17.0. The zero-order valence-corrected chi connectivity index (χ0v) is 12.9. The van der Waals surface area contributed by atoms with E-state index >= 15 is 0 Å². The molecule has 0 radical (unpaired) electrons. The Kier molecular flexibility index (Phi) is 5.44. The van der Waals surface area contributed by atoms with E-state index in [1.807, 2.05) is 18.7 Å². The minimum atomic E-state index is -1.17. The molecular formula is C16H18F2N2O3. The first-order valence-electron chi connectivity index (χ1n) is 7.26. The molecule has 2 aromatic rings. The van der Waals surface area contributed by atoms with Gasteiger partial charge in [-0.1, -0.05) is 13.0 Å². The number of aromatic nitrogens is 1. The second-order valence-electron chi connectivity index (χ2n) is 5.33. The lowest BCUT2D eigenvalue weighted by molar-refractivity contribution is 0.0690. The number of hydrogen-bond acceptors (Lipinski definition) is 4. The van der Waals surface area contributed by atoms with E-state index in [2.05, 4.69) is 4.98 Å². The van der Waals surface area contributed by atoms with Crippen molar-refractivity contribution >= 4 is 5.97 Å². The molecule has 0 amide bonds. The number of halogens is 2. The summed E-state index contributed by atoms with van der Waals surface area (Å²) in [6.07, 6.45) is 1.88. The predicted molar refractivity (Wildman–Crippen MR) is 78.8 cm³/mol. The molecule has 2 rings (SSSR count). The molecule has 1 unspecified atom stereocenters. The average Bonchev–Trinajstić information content (AvgIpc) is 2.97. The molecule has 1 N–H and O–H groups in total. The summed E-state index contributed by atoms with van der Waals surface area (Å²) in [5.74, 6) is -2.16. The number of carboxylic acids is 1. The minimum Gasteiger partial charge on any atom is -0.476 e. The lowest BCUT2D eigenvalue weighted by Crippen LogP contribution is -2.32. The molecule has 1 heterocycles. The van der Waals surface area contributed by atoms with Crippen molar-refractivity contribution in [2.45, 2.75) is 39.4 Å². The van der Waals surface area contributed by atoms with E-state index in [1.54, 1.807) is 0 Å². The molecule has 0 aliphatic rings. The van der Waals surface area contributed by atoms with Crippen LogP contribution in [0.1, 0.15) is 42.2 Å². The molecule has 7 heteroatoms. The second kappa shape index (κ2) is 7.32. The summed E-state index contributed by atoms with van der Waals surface area (Å²) in [5.41, 5.74) is 0.189. The molecule has 0 aliphatic heterocycles. The standard InChI is InChI=1S/C16H18F2N2O3/c1-3-10(2)20(7-11-4-5-12(17)6-13(11)18)8-15-19-14(9-23-15)16(21)22/h4-6,9-10H,3,7-8H2,1-2H3,(H,21,22). The normalized spacial score (nSPS) is 12.6. The highest BCUT2D eigenvalue weighted by molar-refractivity contribution is 5.84. The third-order valence-electron chi connectivity index (χ3n) is 3.71. The van der Waals surface area contributed by atoms with E-state index in [1.165, 1.54) is 12.1 Å². The highest BCUT2D eigenvalue weighted by Gasteiger charge is 2.19. The Morgan fingerprint density at radius 3 is 2.70 bits per heavy atom. The Labute approximate surface area is 132 Å². The van der Waals surface area contributed by atoms with Crippen LogP contribution in [-0.4, -0.2) is 27.0 Å². The predicted octanol–water partition coefficient (Wildman–Crippen LogP) is 3.45. The van der Waals surface area contributed by atoms with Crippen molar-refractivity contribution in [3.05, 3.63) is 53.2 Å². The molecule has 1 aromatic heterocycles. The van der Waals surface area contributed by atoms with E-state index in [0.717, 1.165) is 18.8 Å². The van der Waals surface area contributed by atoms with Crippen LogP contribution in [0.3, 0.4) is 0 Å². The summed E-state index contributed by atoms with van der Waals surface area (Å²) in [6, 6.07) is 3.54. The first-order chi connectivity index (χ1) is 10.9. The SMILES string of the molecule is CCC(C)N(Cc1nc(C(=O)O)co1)Cc1ccc(F)cc1F. The first kappa shape index (κ1) is 17.1. The van der Waals surface area contributed by atoms with E-state index in [4.69, 9.17) is 9.52 Å². The van der Waals surface area contributed by atoms with Gasteiger partial charge >= 0.3 is 5.97 Å². The quantitative estimate of drug-likeness (QED) is 0.845. The molecule has 0 saturated heterocycles. The third kappa shape index (κ3) is 4.35. The Morgan fingerprint density at radius 2 is 2.13 bits per heavy atom. The summed E-state index contributed by atoms with van der Waals surface area (Å²) in [5, 5.41) is 8.86. The fraction of sp³-hybridized carbons (Fsp3) is 0.375. The van der Waals surface area contributed by atoms with Gasteiger partial charge in [-0.2, -0.15) is 0 Å². The monoisotopic (exact) mass is 324 g/mol. The lowest BCUT2D eigenvalue weighted by Gasteiger charge is -2.27. The molecule has 0 aliphatic carbocycles. The van der Waals surface area contributed by atoms with Crippen LogP contribution in [0, 0.1) is 11.6 Å². The molecule has 1 atom stereocenters. The number of hydrogen-bond donors (Lipinski definition) is 1. The fourth-order valence-electron chi connectivity index (χ4n) is 2.15. The van der Waals surface area contributed by atoms with Gasteiger partial charge in [-0.15, -0.1) is 0 Å². The first-order valence-corrected chi connectivity index (χ1v) is 7.26. The summed E-state index contributed by atoms with van der Waals surface area (Å²) >= 11 is 0. The van der Waals surface area contributed by atoms with Gasteiger partial charge in [0.25, 0.3) is 0 Å². The van der Waals surface area contributed by atoms with Crippen LogP contribution >= 0.6 is 0 Å². The van der Waals surface area contributed by atoms with Gasteiger partial charge in [-0.05, 0) is 19.4 Å². The van der Waals surface area contributed by atoms with Crippen molar-refractivity contribution in [3.63, 3.8) is 0 Å². The number of oxazole rings is 1. The van der Waals surface area contributed by atoms with Crippen LogP contribution in [0.2, 0.25) is 0 Å². The van der Waals surface area contributed by atoms with Crippen LogP contribution in [-0.2, 0) is 13.1 Å². The molecule has 0 saturated carbocycles. The van der Waals surface area contributed by atoms with E-state index in [0.29, 0.717) is 5.56 Å². The maximum atomic E-state index is 13.8. The van der Waals surface area contributed by atoms with Crippen LogP contribution in [0.15, 0.2) is 28.9 Å². The maximum Gasteiger partial charge on any atom is 0.357 e. The summed E-state index contributed by atoms with van der Waals surface area (Å²) in [6.45, 7) is 4.42. The number of benzene rings is 1. The summed E-state index contributed by atoms with van der Waals surface area (Å²) in [7, 11) is 0. The van der Waals surface area contributed by atoms with Gasteiger partial charge in [0.2, 0.25) is 5.89 Å². The molecule has 0 bridgehead atoms. The third-order valence-corrected chi connectivity index (χ3v) is 3.71.